The molecule has 0 aromatic heterocycles. The summed E-state index contributed by atoms with van der Waals surface area (Å²) in [6, 6.07) is 9.26. The summed E-state index contributed by atoms with van der Waals surface area (Å²) in [5.41, 5.74) is 2.71. The van der Waals surface area contributed by atoms with Crippen LogP contribution in [0.15, 0.2) is 24.3 Å². The van der Waals surface area contributed by atoms with Gasteiger partial charge in [-0.25, -0.2) is 0 Å². The topological polar surface area (TPSA) is 15.3 Å². The number of aryl methyl sites for hydroxylation is 1. The summed E-state index contributed by atoms with van der Waals surface area (Å²) < 4.78 is 0. The Balaban J connectivity index is 1.97. The summed E-state index contributed by atoms with van der Waals surface area (Å²) in [4.78, 5) is 2.38. The highest BCUT2D eigenvalue weighted by molar-refractivity contribution is 5.52. The van der Waals surface area contributed by atoms with Crippen LogP contribution in [-0.2, 0) is 0 Å². The van der Waals surface area contributed by atoms with Crippen molar-refractivity contribution >= 4 is 5.69 Å². The number of hydrogen-bond acceptors (Lipinski definition) is 2. The summed E-state index contributed by atoms with van der Waals surface area (Å²) in [7, 11) is 2.20. The molecule has 0 bridgehead atoms. The average Bonchev–Trinajstić information content (AvgIpc) is 2.29. The zero-order valence-electron chi connectivity index (χ0n) is 11.2. The zero-order valence-corrected chi connectivity index (χ0v) is 11.2. The lowest BCUT2D eigenvalue weighted by Gasteiger charge is -2.32. The van der Waals surface area contributed by atoms with Gasteiger partial charge in [-0.05, 0) is 43.9 Å². The van der Waals surface area contributed by atoms with Crippen LogP contribution in [0, 0.1) is 12.8 Å². The Labute approximate surface area is 105 Å². The van der Waals surface area contributed by atoms with Crippen LogP contribution in [0.2, 0.25) is 0 Å². The Bertz CT molecular complexity index is 362. The quantitative estimate of drug-likeness (QED) is 0.862. The fourth-order valence-corrected chi connectivity index (χ4v) is 2.78. The minimum Gasteiger partial charge on any atom is -0.373 e. The molecule has 1 N–H and O–H groups in total. The maximum Gasteiger partial charge on any atom is 0.0393 e. The van der Waals surface area contributed by atoms with E-state index in [1.54, 1.807) is 0 Å². The highest BCUT2D eigenvalue weighted by atomic mass is 15.1. The maximum atomic E-state index is 3.63. The molecule has 0 saturated carbocycles. The summed E-state index contributed by atoms with van der Waals surface area (Å²) >= 11 is 0. The van der Waals surface area contributed by atoms with Crippen molar-refractivity contribution < 1.29 is 0 Å². The van der Waals surface area contributed by atoms with E-state index < -0.39 is 0 Å². The molecular formula is C15H24N2. The molecule has 2 nitrogen and oxygen atoms in total. The lowest BCUT2D eigenvalue weighted by atomic mass is 9.94. The number of hydrogen-bond donors (Lipinski definition) is 1. The molecule has 17 heavy (non-hydrogen) atoms. The van der Waals surface area contributed by atoms with Gasteiger partial charge in [0.05, 0.1) is 0 Å². The van der Waals surface area contributed by atoms with Gasteiger partial charge in [0.1, 0.15) is 0 Å². The Kier molecular flexibility index (Phi) is 4.06. The van der Waals surface area contributed by atoms with Gasteiger partial charge in [-0.15, -0.1) is 0 Å². The molecule has 2 rings (SSSR count). The molecule has 1 aromatic carbocycles. The predicted molar refractivity (Wildman–Crippen MR) is 74.6 cm³/mol. The first kappa shape index (κ1) is 12.4. The second-order valence-corrected chi connectivity index (χ2v) is 5.45. The van der Waals surface area contributed by atoms with E-state index in [-0.39, 0.29) is 0 Å². The third kappa shape index (κ3) is 3.22. The van der Waals surface area contributed by atoms with Crippen molar-refractivity contribution in [3.63, 3.8) is 0 Å². The number of rotatable bonds is 3. The van der Waals surface area contributed by atoms with Crippen LogP contribution in [-0.4, -0.2) is 26.2 Å². The maximum absolute atomic E-state index is 3.63. The lowest BCUT2D eigenvalue weighted by molar-refractivity contribution is 0.322. The minimum atomic E-state index is 0.642. The number of benzene rings is 1. The normalized spacial score (nSPS) is 24.6. The van der Waals surface area contributed by atoms with Crippen molar-refractivity contribution in [3.8, 4) is 0 Å². The fraction of sp³-hybridized carbons (Fsp3) is 0.600. The van der Waals surface area contributed by atoms with E-state index >= 15 is 0 Å². The average molecular weight is 232 g/mol. The molecular weight excluding hydrogens is 208 g/mol. The molecule has 1 saturated heterocycles. The van der Waals surface area contributed by atoms with Crippen LogP contribution in [0.25, 0.3) is 0 Å². The molecule has 0 aliphatic carbocycles. The van der Waals surface area contributed by atoms with Gasteiger partial charge in [0, 0.05) is 25.3 Å². The summed E-state index contributed by atoms with van der Waals surface area (Å²) in [6.45, 7) is 6.83. The third-order valence-electron chi connectivity index (χ3n) is 3.78. The number of anilines is 1. The van der Waals surface area contributed by atoms with Crippen molar-refractivity contribution in [1.82, 2.24) is 5.32 Å². The van der Waals surface area contributed by atoms with Crippen molar-refractivity contribution in [2.45, 2.75) is 32.7 Å². The highest BCUT2D eigenvalue weighted by Gasteiger charge is 2.19. The first-order valence-corrected chi connectivity index (χ1v) is 6.67. The molecule has 0 amide bonds. The monoisotopic (exact) mass is 232 g/mol. The Morgan fingerprint density at radius 3 is 2.82 bits per heavy atom. The molecule has 1 aromatic rings. The largest absolute Gasteiger partial charge is 0.373 e. The molecule has 1 fully saturated rings. The van der Waals surface area contributed by atoms with Gasteiger partial charge in [-0.2, -0.15) is 0 Å². The summed E-state index contributed by atoms with van der Waals surface area (Å²) in [5.74, 6) is 0.867. The van der Waals surface area contributed by atoms with Gasteiger partial charge in [-0.3, -0.25) is 0 Å². The molecule has 1 heterocycles. The van der Waals surface area contributed by atoms with Gasteiger partial charge >= 0.3 is 0 Å². The standard InChI is InChI=1S/C15H24N2/c1-12-8-9-16-14(10-12)11-17(3)15-7-5-4-6-13(15)2/h4-7,12,14,16H,8-11H2,1-3H3. The van der Waals surface area contributed by atoms with Gasteiger partial charge in [0.15, 0.2) is 0 Å². The Morgan fingerprint density at radius 2 is 2.12 bits per heavy atom. The van der Waals surface area contributed by atoms with E-state index in [2.05, 4.69) is 55.4 Å². The smallest absolute Gasteiger partial charge is 0.0393 e. The van der Waals surface area contributed by atoms with E-state index in [1.807, 2.05) is 0 Å². The number of nitrogens with zero attached hydrogens (tertiary/aromatic N) is 1. The summed E-state index contributed by atoms with van der Waals surface area (Å²) in [6.07, 6.45) is 2.63. The van der Waals surface area contributed by atoms with Gasteiger partial charge < -0.3 is 10.2 Å². The second-order valence-electron chi connectivity index (χ2n) is 5.45. The van der Waals surface area contributed by atoms with Crippen LogP contribution in [0.1, 0.15) is 25.3 Å². The van der Waals surface area contributed by atoms with Crippen LogP contribution < -0.4 is 10.2 Å². The van der Waals surface area contributed by atoms with Crippen LogP contribution in [0.3, 0.4) is 0 Å². The van der Waals surface area contributed by atoms with Crippen LogP contribution >= 0.6 is 0 Å². The molecule has 2 unspecified atom stereocenters. The van der Waals surface area contributed by atoms with Crippen molar-refractivity contribution in [3.05, 3.63) is 29.8 Å². The third-order valence-corrected chi connectivity index (χ3v) is 3.78. The Morgan fingerprint density at radius 1 is 1.35 bits per heavy atom. The lowest BCUT2D eigenvalue weighted by Crippen LogP contribution is -2.44. The zero-order chi connectivity index (χ0) is 12.3. The SMILES string of the molecule is Cc1ccccc1N(C)CC1CC(C)CCN1. The first-order chi connectivity index (χ1) is 8.16. The van der Waals surface area contributed by atoms with E-state index in [1.165, 1.54) is 30.6 Å². The number of piperidine rings is 1. The predicted octanol–water partition coefficient (Wildman–Crippen LogP) is 2.82. The fourth-order valence-electron chi connectivity index (χ4n) is 2.78. The second kappa shape index (κ2) is 5.54. The van der Waals surface area contributed by atoms with Gasteiger partial charge in [0.2, 0.25) is 0 Å². The van der Waals surface area contributed by atoms with Gasteiger partial charge in [-0.1, -0.05) is 25.1 Å². The highest BCUT2D eigenvalue weighted by Crippen LogP contribution is 2.21. The summed E-state index contributed by atoms with van der Waals surface area (Å²) in [5, 5.41) is 3.63. The van der Waals surface area contributed by atoms with Gasteiger partial charge in [0.25, 0.3) is 0 Å². The van der Waals surface area contributed by atoms with E-state index in [4.69, 9.17) is 0 Å². The van der Waals surface area contributed by atoms with Crippen molar-refractivity contribution in [2.75, 3.05) is 25.0 Å². The molecule has 2 heteroatoms. The number of para-hydroxylation sites is 1. The molecule has 1 aliphatic rings. The van der Waals surface area contributed by atoms with Crippen molar-refractivity contribution in [1.29, 1.82) is 0 Å². The minimum absolute atomic E-state index is 0.642. The molecule has 1 aliphatic heterocycles. The molecule has 2 atom stereocenters. The number of likely N-dealkylation sites (N-methyl/N-ethyl adjacent to an activating group) is 1. The first-order valence-electron chi connectivity index (χ1n) is 6.67. The Hall–Kier alpha value is -1.02. The van der Waals surface area contributed by atoms with Crippen LogP contribution in [0.5, 0.6) is 0 Å². The number of nitrogens with one attached hydrogen (secondary N) is 1. The van der Waals surface area contributed by atoms with E-state index in [0.717, 1.165) is 12.5 Å². The molecule has 0 radical (unpaired) electrons. The van der Waals surface area contributed by atoms with Crippen LogP contribution in [0.4, 0.5) is 5.69 Å². The van der Waals surface area contributed by atoms with E-state index in [0.29, 0.717) is 6.04 Å². The van der Waals surface area contributed by atoms with Crippen molar-refractivity contribution in [2.24, 2.45) is 5.92 Å². The molecule has 0 spiro atoms. The van der Waals surface area contributed by atoms with E-state index in [9.17, 15) is 0 Å². The molecule has 94 valence electrons.